The van der Waals surface area contributed by atoms with E-state index in [-0.39, 0.29) is 5.91 Å². The number of nitrogens with one attached hydrogen (secondary N) is 2. The zero-order valence-corrected chi connectivity index (χ0v) is 3.90. The number of hydrogen-bond acceptors (Lipinski definition) is 2. The van der Waals surface area contributed by atoms with Gasteiger partial charge < -0.3 is 5.32 Å². The van der Waals surface area contributed by atoms with Crippen molar-refractivity contribution in [3.63, 3.8) is 0 Å². The van der Waals surface area contributed by atoms with Crippen LogP contribution in [-0.2, 0) is 4.79 Å². The van der Waals surface area contributed by atoms with Crippen LogP contribution in [0, 0.1) is 6.42 Å². The van der Waals surface area contributed by atoms with Gasteiger partial charge in [0.15, 0.2) is 0 Å². The van der Waals surface area contributed by atoms with Gasteiger partial charge in [0.2, 0.25) is 5.91 Å². The molecule has 0 unspecified atom stereocenters. The van der Waals surface area contributed by atoms with Crippen molar-refractivity contribution in [2.75, 3.05) is 13.2 Å². The zero-order chi connectivity index (χ0) is 5.11. The summed E-state index contributed by atoms with van der Waals surface area (Å²) in [5.74, 6) is 0.0266. The van der Waals surface area contributed by atoms with Crippen LogP contribution in [0.3, 0.4) is 0 Å². The summed E-state index contributed by atoms with van der Waals surface area (Å²) in [5, 5.41) is 5.50. The minimum atomic E-state index is 0.0266. The Morgan fingerprint density at radius 2 is 2.57 bits per heavy atom. The molecule has 0 saturated carbocycles. The van der Waals surface area contributed by atoms with Crippen LogP contribution in [0.15, 0.2) is 0 Å². The Balaban J connectivity index is 2.25. The topological polar surface area (TPSA) is 41.1 Å². The zero-order valence-electron chi connectivity index (χ0n) is 3.90. The molecule has 1 fully saturated rings. The Morgan fingerprint density at radius 1 is 1.71 bits per heavy atom. The molecule has 0 spiro atoms. The van der Waals surface area contributed by atoms with Gasteiger partial charge in [-0.1, -0.05) is 0 Å². The van der Waals surface area contributed by atoms with Gasteiger partial charge in [-0.3, -0.25) is 10.1 Å². The molecule has 3 nitrogen and oxygen atoms in total. The van der Waals surface area contributed by atoms with Gasteiger partial charge >= 0.3 is 0 Å². The molecule has 39 valence electrons. The Bertz CT molecular complexity index is 73.8. The highest BCUT2D eigenvalue weighted by atomic mass is 16.1. The Hall–Kier alpha value is -0.570. The standard InChI is InChI=1S/C4H7N2O/c7-4-1-2-5-3-6-4/h1,5H,2-3H2,(H,6,7). The maximum Gasteiger partial charge on any atom is 0.226 e. The van der Waals surface area contributed by atoms with Crippen LogP contribution in [0.2, 0.25) is 0 Å². The average molecular weight is 99.1 g/mol. The van der Waals surface area contributed by atoms with Crippen LogP contribution >= 0.6 is 0 Å². The molecular formula is C4H7N2O. The van der Waals surface area contributed by atoms with E-state index in [9.17, 15) is 4.79 Å². The van der Waals surface area contributed by atoms with E-state index >= 15 is 0 Å². The highest BCUT2D eigenvalue weighted by Crippen LogP contribution is 1.77. The molecule has 7 heavy (non-hydrogen) atoms. The third-order valence-corrected chi connectivity index (χ3v) is 0.819. The predicted octanol–water partition coefficient (Wildman–Crippen LogP) is -1.13. The lowest BCUT2D eigenvalue weighted by molar-refractivity contribution is -0.118. The van der Waals surface area contributed by atoms with Gasteiger partial charge in [0, 0.05) is 6.54 Å². The molecular weight excluding hydrogens is 92.1 g/mol. The van der Waals surface area contributed by atoms with Crippen LogP contribution in [-0.4, -0.2) is 19.1 Å². The summed E-state index contributed by atoms with van der Waals surface area (Å²) in [7, 11) is 0. The first-order valence-electron chi connectivity index (χ1n) is 2.21. The van der Waals surface area contributed by atoms with E-state index in [1.807, 2.05) is 0 Å². The Kier molecular flexibility index (Phi) is 1.26. The molecule has 2 N–H and O–H groups in total. The number of amides is 1. The van der Waals surface area contributed by atoms with Gasteiger partial charge in [0.1, 0.15) is 0 Å². The largest absolute Gasteiger partial charge is 0.343 e. The summed E-state index contributed by atoms with van der Waals surface area (Å²) < 4.78 is 0. The average Bonchev–Trinajstić information content (AvgIpc) is 1.69. The molecule has 1 radical (unpaired) electrons. The molecule has 1 rings (SSSR count). The van der Waals surface area contributed by atoms with Crippen molar-refractivity contribution in [2.45, 2.75) is 0 Å². The molecule has 0 atom stereocenters. The van der Waals surface area contributed by atoms with E-state index in [1.54, 1.807) is 6.42 Å². The highest BCUT2D eigenvalue weighted by Gasteiger charge is 2.03. The maximum absolute atomic E-state index is 10.3. The van der Waals surface area contributed by atoms with Crippen molar-refractivity contribution in [1.29, 1.82) is 0 Å². The van der Waals surface area contributed by atoms with E-state index < -0.39 is 0 Å². The number of hydrogen-bond donors (Lipinski definition) is 2. The van der Waals surface area contributed by atoms with Crippen LogP contribution < -0.4 is 10.6 Å². The van der Waals surface area contributed by atoms with E-state index in [4.69, 9.17) is 0 Å². The van der Waals surface area contributed by atoms with Gasteiger partial charge in [0.05, 0.1) is 13.1 Å². The molecule has 1 amide bonds. The summed E-state index contributed by atoms with van der Waals surface area (Å²) in [6, 6.07) is 0. The van der Waals surface area contributed by atoms with Crippen LogP contribution in [0.4, 0.5) is 0 Å². The monoisotopic (exact) mass is 99.1 g/mol. The quantitative estimate of drug-likeness (QED) is 0.403. The van der Waals surface area contributed by atoms with E-state index in [0.717, 1.165) is 0 Å². The molecule has 0 aromatic carbocycles. The Morgan fingerprint density at radius 3 is 2.86 bits per heavy atom. The molecule has 1 saturated heterocycles. The second-order valence-electron chi connectivity index (χ2n) is 1.38. The fraction of sp³-hybridized carbons (Fsp3) is 0.500. The normalized spacial score (nSPS) is 21.4. The summed E-state index contributed by atoms with van der Waals surface area (Å²) in [5.41, 5.74) is 0. The molecule has 3 heteroatoms. The maximum atomic E-state index is 10.3. The van der Waals surface area contributed by atoms with E-state index in [1.165, 1.54) is 0 Å². The van der Waals surface area contributed by atoms with Crippen molar-refractivity contribution in [3.8, 4) is 0 Å². The van der Waals surface area contributed by atoms with Gasteiger partial charge in [0.25, 0.3) is 0 Å². The molecule has 1 aliphatic heterocycles. The molecule has 1 aliphatic rings. The lowest BCUT2D eigenvalue weighted by Gasteiger charge is -2.10. The van der Waals surface area contributed by atoms with Crippen molar-refractivity contribution < 1.29 is 4.79 Å². The van der Waals surface area contributed by atoms with E-state index in [0.29, 0.717) is 13.2 Å². The second kappa shape index (κ2) is 1.93. The van der Waals surface area contributed by atoms with E-state index in [2.05, 4.69) is 10.6 Å². The number of carbonyl (C=O) groups excluding carboxylic acids is 1. The van der Waals surface area contributed by atoms with Crippen LogP contribution in [0.5, 0.6) is 0 Å². The highest BCUT2D eigenvalue weighted by molar-refractivity contribution is 5.85. The minimum Gasteiger partial charge on any atom is -0.343 e. The van der Waals surface area contributed by atoms with Crippen LogP contribution in [0.1, 0.15) is 0 Å². The fourth-order valence-electron chi connectivity index (χ4n) is 0.459. The minimum absolute atomic E-state index is 0.0266. The fourth-order valence-corrected chi connectivity index (χ4v) is 0.459. The second-order valence-corrected chi connectivity index (χ2v) is 1.38. The lowest BCUT2D eigenvalue weighted by atomic mass is 10.4. The van der Waals surface area contributed by atoms with Gasteiger partial charge in [-0.15, -0.1) is 0 Å². The van der Waals surface area contributed by atoms with Crippen LogP contribution in [0.25, 0.3) is 0 Å². The third kappa shape index (κ3) is 1.16. The first-order chi connectivity index (χ1) is 3.39. The van der Waals surface area contributed by atoms with Crippen molar-refractivity contribution in [3.05, 3.63) is 6.42 Å². The smallest absolute Gasteiger partial charge is 0.226 e. The van der Waals surface area contributed by atoms with Crippen molar-refractivity contribution >= 4 is 5.91 Å². The van der Waals surface area contributed by atoms with Crippen molar-refractivity contribution in [1.82, 2.24) is 10.6 Å². The first-order valence-corrected chi connectivity index (χ1v) is 2.21. The SMILES string of the molecule is O=C1[CH]CNCN1. The molecule has 0 aromatic heterocycles. The summed E-state index contributed by atoms with van der Waals surface area (Å²) in [6.45, 7) is 1.31. The molecule has 0 bridgehead atoms. The summed E-state index contributed by atoms with van der Waals surface area (Å²) >= 11 is 0. The number of rotatable bonds is 0. The molecule has 0 aromatic rings. The molecule has 0 aliphatic carbocycles. The summed E-state index contributed by atoms with van der Waals surface area (Å²) in [4.78, 5) is 10.3. The van der Waals surface area contributed by atoms with Gasteiger partial charge in [-0.2, -0.15) is 0 Å². The first kappa shape index (κ1) is 4.59. The predicted molar refractivity (Wildman–Crippen MR) is 25.3 cm³/mol. The van der Waals surface area contributed by atoms with Gasteiger partial charge in [-0.25, -0.2) is 0 Å². The Labute approximate surface area is 42.1 Å². The molecule has 1 heterocycles. The lowest BCUT2D eigenvalue weighted by Crippen LogP contribution is -2.41. The third-order valence-electron chi connectivity index (χ3n) is 0.819. The summed E-state index contributed by atoms with van der Waals surface area (Å²) in [6.07, 6.45) is 1.57. The number of carbonyl (C=O) groups is 1. The van der Waals surface area contributed by atoms with Crippen molar-refractivity contribution in [2.24, 2.45) is 0 Å². The van der Waals surface area contributed by atoms with Gasteiger partial charge in [-0.05, 0) is 0 Å².